The van der Waals surface area contributed by atoms with E-state index in [1.165, 1.54) is 4.90 Å². The first-order valence-electron chi connectivity index (χ1n) is 8.69. The summed E-state index contributed by atoms with van der Waals surface area (Å²) in [5.74, 6) is 0.673. The Morgan fingerprint density at radius 1 is 0.931 bits per heavy atom. The molecule has 0 fully saturated rings. The monoisotopic (exact) mass is 539 g/mol. The molecule has 0 amide bonds. The van der Waals surface area contributed by atoms with Gasteiger partial charge in [0.2, 0.25) is 0 Å². The Balaban J connectivity index is 0.00000420. The molecule has 0 atom stereocenters. The van der Waals surface area contributed by atoms with Crippen LogP contribution in [0.5, 0.6) is 0 Å². The van der Waals surface area contributed by atoms with Crippen LogP contribution in [0.3, 0.4) is 0 Å². The van der Waals surface area contributed by atoms with Crippen molar-refractivity contribution in [3.63, 3.8) is 0 Å². The van der Waals surface area contributed by atoms with Crippen LogP contribution in [0.4, 0.5) is 13.2 Å². The Hall–Kier alpha value is -1.46. The number of nitrogens with zero attached hydrogens (tertiary/aromatic N) is 1. The van der Waals surface area contributed by atoms with Crippen LogP contribution in [-0.4, -0.2) is 32.0 Å². The summed E-state index contributed by atoms with van der Waals surface area (Å²) in [4.78, 5) is 5.42. The maximum Gasteiger partial charge on any atom is 0.411 e. The molecule has 0 bridgehead atoms. The highest BCUT2D eigenvalue weighted by atomic mass is 127. The Kier molecular flexibility index (Phi) is 11.4. The first-order valence-corrected chi connectivity index (χ1v) is 9.92. The second-order valence-corrected chi connectivity index (χ2v) is 6.93. The molecule has 0 unspecified atom stereocenters. The molecule has 0 aromatic heterocycles. The number of nitrogens with one attached hydrogen (secondary N) is 2. The molecule has 2 rings (SSSR count). The molecule has 0 aliphatic carbocycles. The molecule has 9 heteroatoms. The van der Waals surface area contributed by atoms with Crippen LogP contribution in [0.25, 0.3) is 0 Å². The summed E-state index contributed by atoms with van der Waals surface area (Å²) in [7, 11) is 1.70. The number of benzene rings is 2. The van der Waals surface area contributed by atoms with Crippen molar-refractivity contribution in [3.8, 4) is 0 Å². The van der Waals surface area contributed by atoms with Crippen molar-refractivity contribution in [2.24, 2.45) is 4.99 Å². The SMILES string of the molecule is CN=C(NCc1ccc(COCC(F)(F)F)cc1)NCc1ccc(SC)cc1.I. The average molecular weight is 539 g/mol. The summed E-state index contributed by atoms with van der Waals surface area (Å²) >= 11 is 1.70. The third-order valence-electron chi connectivity index (χ3n) is 3.86. The molecule has 0 spiro atoms. The third-order valence-corrected chi connectivity index (χ3v) is 4.60. The molecule has 2 N–H and O–H groups in total. The van der Waals surface area contributed by atoms with E-state index in [2.05, 4.69) is 44.6 Å². The van der Waals surface area contributed by atoms with E-state index in [0.717, 1.165) is 11.1 Å². The molecule has 2 aromatic rings. The number of aliphatic imine (C=N–C) groups is 1. The number of halogens is 4. The molecule has 0 heterocycles. The van der Waals surface area contributed by atoms with Gasteiger partial charge in [0.25, 0.3) is 0 Å². The molecule has 0 saturated carbocycles. The standard InChI is InChI=1S/C20H24F3N3OS.HI/c1-24-19(26-12-16-7-9-18(28-2)10-8-16)25-11-15-3-5-17(6-4-15)13-27-14-20(21,22)23;/h3-10H,11-14H2,1-2H3,(H2,24,25,26);1H. The van der Waals surface area contributed by atoms with Gasteiger partial charge in [-0.15, -0.1) is 35.7 Å². The Labute approximate surface area is 190 Å². The van der Waals surface area contributed by atoms with E-state index in [-0.39, 0.29) is 30.6 Å². The Morgan fingerprint density at radius 3 is 1.86 bits per heavy atom. The van der Waals surface area contributed by atoms with Crippen LogP contribution in [-0.2, 0) is 24.4 Å². The lowest BCUT2D eigenvalue weighted by molar-refractivity contribution is -0.176. The molecule has 2 aromatic carbocycles. The van der Waals surface area contributed by atoms with Crippen molar-refractivity contribution in [1.82, 2.24) is 10.6 Å². The quantitative estimate of drug-likeness (QED) is 0.215. The molecule has 0 radical (unpaired) electrons. The lowest BCUT2D eigenvalue weighted by atomic mass is 10.1. The van der Waals surface area contributed by atoms with Crippen molar-refractivity contribution in [2.75, 3.05) is 19.9 Å². The maximum atomic E-state index is 12.1. The number of thioether (sulfide) groups is 1. The molecule has 4 nitrogen and oxygen atoms in total. The molecule has 0 aliphatic rings. The Morgan fingerprint density at radius 2 is 1.41 bits per heavy atom. The van der Waals surface area contributed by atoms with Gasteiger partial charge in [-0.25, -0.2) is 0 Å². The topological polar surface area (TPSA) is 45.7 Å². The van der Waals surface area contributed by atoms with Crippen molar-refractivity contribution in [3.05, 3.63) is 65.2 Å². The predicted octanol–water partition coefficient (Wildman–Crippen LogP) is 4.97. The average Bonchev–Trinajstić information content (AvgIpc) is 2.68. The minimum atomic E-state index is -4.30. The highest BCUT2D eigenvalue weighted by molar-refractivity contribution is 14.0. The smallest absolute Gasteiger partial charge is 0.367 e. The molecule has 160 valence electrons. The third kappa shape index (κ3) is 10.2. The Bertz CT molecular complexity index is 753. The second-order valence-electron chi connectivity index (χ2n) is 6.05. The molecular weight excluding hydrogens is 514 g/mol. The summed E-state index contributed by atoms with van der Waals surface area (Å²) in [5, 5.41) is 6.47. The molecule has 29 heavy (non-hydrogen) atoms. The number of hydrogen-bond donors (Lipinski definition) is 2. The molecular formula is C20H25F3IN3OS. The van der Waals surface area contributed by atoms with E-state index in [1.807, 2.05) is 18.4 Å². The van der Waals surface area contributed by atoms with Crippen LogP contribution < -0.4 is 10.6 Å². The van der Waals surface area contributed by atoms with Crippen LogP contribution in [0.15, 0.2) is 58.4 Å². The fourth-order valence-electron chi connectivity index (χ4n) is 2.37. The van der Waals surface area contributed by atoms with E-state index < -0.39 is 12.8 Å². The van der Waals surface area contributed by atoms with Crippen LogP contribution in [0, 0.1) is 0 Å². The van der Waals surface area contributed by atoms with E-state index in [0.29, 0.717) is 24.6 Å². The zero-order valence-corrected chi connectivity index (χ0v) is 19.4. The van der Waals surface area contributed by atoms with Gasteiger partial charge in [0, 0.05) is 25.0 Å². The van der Waals surface area contributed by atoms with Gasteiger partial charge in [0.15, 0.2) is 5.96 Å². The van der Waals surface area contributed by atoms with Gasteiger partial charge in [-0.3, -0.25) is 4.99 Å². The van der Waals surface area contributed by atoms with E-state index >= 15 is 0 Å². The van der Waals surface area contributed by atoms with Gasteiger partial charge in [0.05, 0.1) is 6.61 Å². The highest BCUT2D eigenvalue weighted by Gasteiger charge is 2.27. The highest BCUT2D eigenvalue weighted by Crippen LogP contribution is 2.16. The minimum Gasteiger partial charge on any atom is -0.367 e. The second kappa shape index (κ2) is 13.0. The van der Waals surface area contributed by atoms with Crippen LogP contribution >= 0.6 is 35.7 Å². The number of hydrogen-bond acceptors (Lipinski definition) is 3. The van der Waals surface area contributed by atoms with Gasteiger partial charge in [-0.1, -0.05) is 36.4 Å². The zero-order valence-electron chi connectivity index (χ0n) is 16.3. The van der Waals surface area contributed by atoms with Crippen LogP contribution in [0.1, 0.15) is 16.7 Å². The van der Waals surface area contributed by atoms with E-state index in [9.17, 15) is 13.2 Å². The largest absolute Gasteiger partial charge is 0.411 e. The van der Waals surface area contributed by atoms with Crippen molar-refractivity contribution in [1.29, 1.82) is 0 Å². The van der Waals surface area contributed by atoms with E-state index in [4.69, 9.17) is 0 Å². The summed E-state index contributed by atoms with van der Waals surface area (Å²) in [6, 6.07) is 15.5. The lowest BCUT2D eigenvalue weighted by Gasteiger charge is -2.13. The van der Waals surface area contributed by atoms with Gasteiger partial charge in [-0.05, 0) is 35.1 Å². The maximum absolute atomic E-state index is 12.1. The number of ether oxygens (including phenoxy) is 1. The van der Waals surface area contributed by atoms with Crippen LogP contribution in [0.2, 0.25) is 0 Å². The van der Waals surface area contributed by atoms with Gasteiger partial charge in [-0.2, -0.15) is 13.2 Å². The first kappa shape index (κ1) is 25.6. The number of rotatable bonds is 8. The fourth-order valence-corrected chi connectivity index (χ4v) is 2.78. The predicted molar refractivity (Wildman–Crippen MR) is 123 cm³/mol. The van der Waals surface area contributed by atoms with Crippen molar-refractivity contribution in [2.45, 2.75) is 30.8 Å². The number of alkyl halides is 3. The first-order chi connectivity index (χ1) is 13.4. The summed E-state index contributed by atoms with van der Waals surface area (Å²) in [6.45, 7) is -0.0946. The minimum absolute atomic E-state index is 0. The molecule has 0 saturated heterocycles. The number of guanidine groups is 1. The van der Waals surface area contributed by atoms with Crippen molar-refractivity contribution < 1.29 is 17.9 Å². The van der Waals surface area contributed by atoms with Crippen molar-refractivity contribution >= 4 is 41.7 Å². The normalized spacial score (nSPS) is 11.7. The summed E-state index contributed by atoms with van der Waals surface area (Å²) < 4.78 is 40.9. The van der Waals surface area contributed by atoms with E-state index in [1.54, 1.807) is 30.9 Å². The zero-order chi connectivity index (χ0) is 20.4. The van der Waals surface area contributed by atoms with Gasteiger partial charge >= 0.3 is 6.18 Å². The molecule has 0 aliphatic heterocycles. The summed E-state index contributed by atoms with van der Waals surface area (Å²) in [6.07, 6.45) is -2.26. The summed E-state index contributed by atoms with van der Waals surface area (Å²) in [5.41, 5.74) is 2.85. The fraction of sp³-hybridized carbons (Fsp3) is 0.350. The lowest BCUT2D eigenvalue weighted by Crippen LogP contribution is -2.36. The van der Waals surface area contributed by atoms with Gasteiger partial charge in [0.1, 0.15) is 6.61 Å². The van der Waals surface area contributed by atoms with Gasteiger partial charge < -0.3 is 15.4 Å².